The molecule has 1 aliphatic rings. The van der Waals surface area contributed by atoms with Crippen molar-refractivity contribution in [2.24, 2.45) is 0 Å². The Bertz CT molecular complexity index is 276. The van der Waals surface area contributed by atoms with Crippen LogP contribution >= 0.6 is 0 Å². The summed E-state index contributed by atoms with van der Waals surface area (Å²) >= 11 is 0. The summed E-state index contributed by atoms with van der Waals surface area (Å²) in [7, 11) is 1.93. The van der Waals surface area contributed by atoms with Gasteiger partial charge in [0, 0.05) is 19.4 Å². The molecule has 2 heteroatoms. The summed E-state index contributed by atoms with van der Waals surface area (Å²) < 4.78 is 0. The zero-order valence-corrected chi connectivity index (χ0v) is 6.70. The van der Waals surface area contributed by atoms with Crippen molar-refractivity contribution in [1.29, 1.82) is 5.26 Å². The third-order valence-electron chi connectivity index (χ3n) is 1.58. The molecule has 1 heterocycles. The number of hydrogen-bond donors (Lipinski definition) is 0. The smallest absolute Gasteiger partial charge is 0.0994 e. The standard InChI is InChI=1S/C9H10N2/c1-8-3-5-11(2)6-4-9(8)7-10/h3-6H,1-2H3. The molecule has 0 saturated carbocycles. The van der Waals surface area contributed by atoms with Crippen LogP contribution in [0, 0.1) is 11.3 Å². The lowest BCUT2D eigenvalue weighted by Gasteiger charge is -2.02. The number of nitrogens with zero attached hydrogens (tertiary/aromatic N) is 2. The van der Waals surface area contributed by atoms with Gasteiger partial charge in [-0.25, -0.2) is 0 Å². The van der Waals surface area contributed by atoms with E-state index < -0.39 is 0 Å². The van der Waals surface area contributed by atoms with Gasteiger partial charge in [0.15, 0.2) is 0 Å². The number of rotatable bonds is 0. The van der Waals surface area contributed by atoms with Crippen LogP contribution in [-0.2, 0) is 0 Å². The average molecular weight is 146 g/mol. The first kappa shape index (κ1) is 7.62. The van der Waals surface area contributed by atoms with Crippen LogP contribution in [0.1, 0.15) is 6.92 Å². The second kappa shape index (κ2) is 3.07. The molecule has 0 aromatic carbocycles. The van der Waals surface area contributed by atoms with Crippen molar-refractivity contribution in [3.8, 4) is 6.07 Å². The Morgan fingerprint density at radius 1 is 1.36 bits per heavy atom. The molecule has 0 amide bonds. The molecule has 0 aromatic rings. The highest BCUT2D eigenvalue weighted by Gasteiger charge is 1.97. The summed E-state index contributed by atoms with van der Waals surface area (Å²) in [6, 6.07) is 2.13. The van der Waals surface area contributed by atoms with Gasteiger partial charge in [-0.1, -0.05) is 0 Å². The van der Waals surface area contributed by atoms with Crippen molar-refractivity contribution in [2.45, 2.75) is 6.92 Å². The zero-order valence-electron chi connectivity index (χ0n) is 6.70. The molecule has 0 N–H and O–H groups in total. The molecule has 0 aromatic heterocycles. The minimum atomic E-state index is 0.727. The second-order valence-electron chi connectivity index (χ2n) is 2.51. The van der Waals surface area contributed by atoms with Crippen molar-refractivity contribution < 1.29 is 0 Å². The van der Waals surface area contributed by atoms with Gasteiger partial charge in [-0.15, -0.1) is 0 Å². The molecule has 1 aliphatic heterocycles. The van der Waals surface area contributed by atoms with E-state index in [2.05, 4.69) is 6.07 Å². The van der Waals surface area contributed by atoms with Crippen LogP contribution in [0.5, 0.6) is 0 Å². The monoisotopic (exact) mass is 146 g/mol. The van der Waals surface area contributed by atoms with E-state index in [0.29, 0.717) is 0 Å². The van der Waals surface area contributed by atoms with Gasteiger partial charge in [0.05, 0.1) is 11.6 Å². The molecule has 0 unspecified atom stereocenters. The molecular weight excluding hydrogens is 136 g/mol. The maximum Gasteiger partial charge on any atom is 0.0994 e. The quantitative estimate of drug-likeness (QED) is 0.521. The first-order chi connectivity index (χ1) is 5.24. The average Bonchev–Trinajstić information content (AvgIpc) is 2.15. The Balaban J connectivity index is 3.02. The van der Waals surface area contributed by atoms with Crippen LogP contribution < -0.4 is 0 Å². The van der Waals surface area contributed by atoms with Gasteiger partial charge in [0.25, 0.3) is 0 Å². The van der Waals surface area contributed by atoms with Gasteiger partial charge < -0.3 is 4.90 Å². The van der Waals surface area contributed by atoms with Gasteiger partial charge in [-0.05, 0) is 24.6 Å². The lowest BCUT2D eigenvalue weighted by atomic mass is 10.1. The molecule has 1 rings (SSSR count). The lowest BCUT2D eigenvalue weighted by Crippen LogP contribution is -1.97. The highest BCUT2D eigenvalue weighted by molar-refractivity contribution is 5.42. The maximum atomic E-state index is 8.66. The van der Waals surface area contributed by atoms with Crippen LogP contribution in [0.15, 0.2) is 35.7 Å². The van der Waals surface area contributed by atoms with Crippen LogP contribution in [0.4, 0.5) is 0 Å². The molecule has 0 saturated heterocycles. The fourth-order valence-electron chi connectivity index (χ4n) is 0.818. The van der Waals surface area contributed by atoms with E-state index in [1.54, 1.807) is 0 Å². The van der Waals surface area contributed by atoms with E-state index in [4.69, 9.17) is 5.26 Å². The van der Waals surface area contributed by atoms with Crippen LogP contribution in [-0.4, -0.2) is 11.9 Å². The summed E-state index contributed by atoms with van der Waals surface area (Å²) in [6.07, 6.45) is 7.54. The molecule has 0 atom stereocenters. The first-order valence-electron chi connectivity index (χ1n) is 3.43. The highest BCUT2D eigenvalue weighted by Crippen LogP contribution is 2.10. The molecule has 0 bridgehead atoms. The normalized spacial score (nSPS) is 16.6. The number of nitriles is 1. The Morgan fingerprint density at radius 2 is 2.00 bits per heavy atom. The number of hydrogen-bond acceptors (Lipinski definition) is 2. The van der Waals surface area contributed by atoms with Gasteiger partial charge in [0.1, 0.15) is 0 Å². The highest BCUT2D eigenvalue weighted by atomic mass is 15.0. The van der Waals surface area contributed by atoms with Crippen molar-refractivity contribution in [3.05, 3.63) is 35.7 Å². The third-order valence-corrected chi connectivity index (χ3v) is 1.58. The summed E-state index contributed by atoms with van der Waals surface area (Å²) in [6.45, 7) is 1.93. The SMILES string of the molecule is CC1=C(C#N)C=CN(C)C=C1. The Morgan fingerprint density at radius 3 is 2.64 bits per heavy atom. The minimum Gasteiger partial charge on any atom is -0.357 e. The molecule has 56 valence electrons. The summed E-state index contributed by atoms with van der Waals surface area (Å²) in [5, 5.41) is 8.66. The molecule has 2 nitrogen and oxygen atoms in total. The van der Waals surface area contributed by atoms with E-state index in [1.807, 2.05) is 43.4 Å². The first-order valence-corrected chi connectivity index (χ1v) is 3.43. The molecule has 0 aliphatic carbocycles. The topological polar surface area (TPSA) is 27.0 Å². The van der Waals surface area contributed by atoms with Crippen molar-refractivity contribution >= 4 is 0 Å². The fourth-order valence-corrected chi connectivity index (χ4v) is 0.818. The third kappa shape index (κ3) is 1.71. The predicted octanol–water partition coefficient (Wildman–Crippen LogP) is 1.80. The number of allylic oxidation sites excluding steroid dienone is 4. The summed E-state index contributed by atoms with van der Waals surface area (Å²) in [5.41, 5.74) is 1.73. The van der Waals surface area contributed by atoms with E-state index >= 15 is 0 Å². The van der Waals surface area contributed by atoms with Crippen molar-refractivity contribution in [2.75, 3.05) is 7.05 Å². The van der Waals surface area contributed by atoms with Crippen LogP contribution in [0.25, 0.3) is 0 Å². The van der Waals surface area contributed by atoms with Crippen LogP contribution in [0.2, 0.25) is 0 Å². The van der Waals surface area contributed by atoms with E-state index in [-0.39, 0.29) is 0 Å². The van der Waals surface area contributed by atoms with Gasteiger partial charge in [0.2, 0.25) is 0 Å². The molecule has 0 spiro atoms. The van der Waals surface area contributed by atoms with Crippen molar-refractivity contribution in [3.63, 3.8) is 0 Å². The molecule has 11 heavy (non-hydrogen) atoms. The summed E-state index contributed by atoms with van der Waals surface area (Å²) in [5.74, 6) is 0. The summed E-state index contributed by atoms with van der Waals surface area (Å²) in [4.78, 5) is 1.91. The maximum absolute atomic E-state index is 8.66. The van der Waals surface area contributed by atoms with E-state index in [1.165, 1.54) is 0 Å². The largest absolute Gasteiger partial charge is 0.357 e. The predicted molar refractivity (Wildman–Crippen MR) is 44.4 cm³/mol. The van der Waals surface area contributed by atoms with E-state index in [9.17, 15) is 0 Å². The van der Waals surface area contributed by atoms with Crippen molar-refractivity contribution in [1.82, 2.24) is 4.90 Å². The van der Waals surface area contributed by atoms with Gasteiger partial charge in [-0.3, -0.25) is 0 Å². The fraction of sp³-hybridized carbons (Fsp3) is 0.222. The van der Waals surface area contributed by atoms with E-state index in [0.717, 1.165) is 11.1 Å². The Hall–Kier alpha value is -1.49. The molecule has 0 fully saturated rings. The zero-order chi connectivity index (χ0) is 8.27. The molecular formula is C9H10N2. The second-order valence-corrected chi connectivity index (χ2v) is 2.51. The molecule has 0 radical (unpaired) electrons. The minimum absolute atomic E-state index is 0.727. The van der Waals surface area contributed by atoms with Gasteiger partial charge in [-0.2, -0.15) is 5.26 Å². The lowest BCUT2D eigenvalue weighted by molar-refractivity contribution is 0.627. The Labute approximate surface area is 66.7 Å². The van der Waals surface area contributed by atoms with Gasteiger partial charge >= 0.3 is 0 Å². The van der Waals surface area contributed by atoms with Crippen LogP contribution in [0.3, 0.4) is 0 Å². The Kier molecular flexibility index (Phi) is 2.12.